The van der Waals surface area contributed by atoms with Crippen molar-refractivity contribution >= 4 is 5.97 Å². The number of aryl methyl sites for hydroxylation is 2. The Morgan fingerprint density at radius 2 is 2.07 bits per heavy atom. The number of rotatable bonds is 3. The molecule has 0 saturated heterocycles. The number of benzene rings is 1. The van der Waals surface area contributed by atoms with Crippen LogP contribution < -0.4 is 0 Å². The molecule has 3 heteroatoms. The molecule has 0 radical (unpaired) electrons. The van der Waals surface area contributed by atoms with E-state index in [9.17, 15) is 9.18 Å². The monoisotopic (exact) mass is 210 g/mol. The van der Waals surface area contributed by atoms with Gasteiger partial charge in [0.1, 0.15) is 5.82 Å². The molecular weight excluding hydrogens is 195 g/mol. The van der Waals surface area contributed by atoms with Gasteiger partial charge in [-0.15, -0.1) is 0 Å². The second-order valence-electron chi connectivity index (χ2n) is 3.54. The van der Waals surface area contributed by atoms with Crippen LogP contribution in [0.4, 0.5) is 4.39 Å². The van der Waals surface area contributed by atoms with E-state index in [1.165, 1.54) is 0 Å². The molecule has 2 nitrogen and oxygen atoms in total. The van der Waals surface area contributed by atoms with Gasteiger partial charge in [-0.3, -0.25) is 4.79 Å². The predicted molar refractivity (Wildman–Crippen MR) is 56.2 cm³/mol. The average Bonchev–Trinajstić information content (AvgIpc) is 2.13. The van der Waals surface area contributed by atoms with Crippen molar-refractivity contribution < 1.29 is 13.9 Å². The quantitative estimate of drug-likeness (QED) is 0.717. The molecule has 1 rings (SSSR count). The van der Waals surface area contributed by atoms with E-state index >= 15 is 0 Å². The third-order valence-corrected chi connectivity index (χ3v) is 2.11. The van der Waals surface area contributed by atoms with E-state index in [0.717, 1.165) is 5.56 Å². The number of hydrogen-bond donors (Lipinski definition) is 0. The van der Waals surface area contributed by atoms with Crippen LogP contribution in [0.25, 0.3) is 0 Å². The van der Waals surface area contributed by atoms with E-state index < -0.39 is 0 Å². The van der Waals surface area contributed by atoms with E-state index in [0.29, 0.717) is 17.7 Å². The Bertz CT molecular complexity index is 372. The molecule has 0 unspecified atom stereocenters. The predicted octanol–water partition coefficient (Wildman–Crippen LogP) is 2.55. The van der Waals surface area contributed by atoms with Crippen molar-refractivity contribution in [2.75, 3.05) is 6.61 Å². The van der Waals surface area contributed by atoms with Crippen molar-refractivity contribution in [2.45, 2.75) is 27.2 Å². The van der Waals surface area contributed by atoms with Crippen LogP contribution in [-0.2, 0) is 16.0 Å². The standard InChI is InChI=1S/C12H15FO2/c1-4-15-11(14)7-10-6-8(2)5-9(3)12(10)13/h5-6H,4,7H2,1-3H3. The van der Waals surface area contributed by atoms with Crippen LogP contribution in [0.1, 0.15) is 23.6 Å². The smallest absolute Gasteiger partial charge is 0.310 e. The van der Waals surface area contributed by atoms with Crippen molar-refractivity contribution in [1.82, 2.24) is 0 Å². The molecule has 0 aromatic heterocycles. The number of esters is 1. The van der Waals surface area contributed by atoms with E-state index in [-0.39, 0.29) is 18.2 Å². The molecule has 1 aromatic carbocycles. The van der Waals surface area contributed by atoms with Crippen LogP contribution in [0.5, 0.6) is 0 Å². The Morgan fingerprint density at radius 3 is 2.67 bits per heavy atom. The molecule has 0 atom stereocenters. The van der Waals surface area contributed by atoms with Gasteiger partial charge in [0.15, 0.2) is 0 Å². The Hall–Kier alpha value is -1.38. The summed E-state index contributed by atoms with van der Waals surface area (Å²) in [7, 11) is 0. The van der Waals surface area contributed by atoms with Crippen molar-refractivity contribution in [1.29, 1.82) is 0 Å². The van der Waals surface area contributed by atoms with Gasteiger partial charge in [0.2, 0.25) is 0 Å². The summed E-state index contributed by atoms with van der Waals surface area (Å²) in [6, 6.07) is 3.43. The third kappa shape index (κ3) is 3.05. The molecule has 82 valence electrons. The number of hydrogen-bond acceptors (Lipinski definition) is 2. The summed E-state index contributed by atoms with van der Waals surface area (Å²) in [6.45, 7) is 5.62. The lowest BCUT2D eigenvalue weighted by atomic mass is 10.0. The molecule has 0 aliphatic heterocycles. The average molecular weight is 210 g/mol. The van der Waals surface area contributed by atoms with Gasteiger partial charge in [0.05, 0.1) is 13.0 Å². The lowest BCUT2D eigenvalue weighted by Crippen LogP contribution is -2.09. The van der Waals surface area contributed by atoms with Crippen LogP contribution >= 0.6 is 0 Å². The van der Waals surface area contributed by atoms with E-state index in [1.54, 1.807) is 26.0 Å². The van der Waals surface area contributed by atoms with Crippen LogP contribution in [0.15, 0.2) is 12.1 Å². The van der Waals surface area contributed by atoms with Crippen molar-refractivity contribution in [3.05, 3.63) is 34.6 Å². The number of halogens is 1. The molecule has 0 fully saturated rings. The van der Waals surface area contributed by atoms with E-state index in [1.807, 2.05) is 6.92 Å². The van der Waals surface area contributed by atoms with Gasteiger partial charge in [0.25, 0.3) is 0 Å². The number of ether oxygens (including phenoxy) is 1. The summed E-state index contributed by atoms with van der Waals surface area (Å²) in [6.07, 6.45) is 0.00218. The highest BCUT2D eigenvalue weighted by atomic mass is 19.1. The van der Waals surface area contributed by atoms with Crippen molar-refractivity contribution in [3.63, 3.8) is 0 Å². The molecule has 0 bridgehead atoms. The molecule has 0 aliphatic rings. The fraction of sp³-hybridized carbons (Fsp3) is 0.417. The summed E-state index contributed by atoms with van der Waals surface area (Å²) < 4.78 is 18.3. The maximum atomic E-state index is 13.6. The lowest BCUT2D eigenvalue weighted by molar-refractivity contribution is -0.142. The molecule has 0 spiro atoms. The second-order valence-corrected chi connectivity index (χ2v) is 3.54. The maximum Gasteiger partial charge on any atom is 0.310 e. The van der Waals surface area contributed by atoms with Crippen LogP contribution in [0.2, 0.25) is 0 Å². The third-order valence-electron chi connectivity index (χ3n) is 2.11. The van der Waals surface area contributed by atoms with Gasteiger partial charge in [-0.2, -0.15) is 0 Å². The van der Waals surface area contributed by atoms with Gasteiger partial charge < -0.3 is 4.74 Å². The highest BCUT2D eigenvalue weighted by Crippen LogP contribution is 2.16. The molecule has 0 N–H and O–H groups in total. The Labute approximate surface area is 89.1 Å². The van der Waals surface area contributed by atoms with Crippen molar-refractivity contribution in [2.24, 2.45) is 0 Å². The fourth-order valence-electron chi connectivity index (χ4n) is 1.53. The first-order valence-electron chi connectivity index (χ1n) is 4.95. The topological polar surface area (TPSA) is 26.3 Å². The Morgan fingerprint density at radius 1 is 1.40 bits per heavy atom. The van der Waals surface area contributed by atoms with Crippen LogP contribution in [0, 0.1) is 19.7 Å². The molecular formula is C12H15FO2. The zero-order valence-electron chi connectivity index (χ0n) is 9.26. The molecule has 0 amide bonds. The highest BCUT2D eigenvalue weighted by molar-refractivity contribution is 5.72. The number of carbonyl (C=O) groups is 1. The molecule has 0 heterocycles. The summed E-state index contributed by atoms with van der Waals surface area (Å²) in [5.41, 5.74) is 1.92. The van der Waals surface area contributed by atoms with Gasteiger partial charge in [-0.25, -0.2) is 4.39 Å². The normalized spacial score (nSPS) is 10.1. The fourth-order valence-corrected chi connectivity index (χ4v) is 1.53. The first-order valence-corrected chi connectivity index (χ1v) is 4.95. The van der Waals surface area contributed by atoms with Gasteiger partial charge in [-0.05, 0) is 31.9 Å². The summed E-state index contributed by atoms with van der Waals surface area (Å²) >= 11 is 0. The molecule has 1 aromatic rings. The van der Waals surface area contributed by atoms with Crippen LogP contribution in [0.3, 0.4) is 0 Å². The summed E-state index contributed by atoms with van der Waals surface area (Å²) in [5.74, 6) is -0.699. The van der Waals surface area contributed by atoms with Gasteiger partial charge in [-0.1, -0.05) is 17.7 Å². The molecule has 0 saturated carbocycles. The molecule has 0 aliphatic carbocycles. The lowest BCUT2D eigenvalue weighted by Gasteiger charge is -2.07. The first kappa shape index (κ1) is 11.7. The Kier molecular flexibility index (Phi) is 3.83. The largest absolute Gasteiger partial charge is 0.466 e. The molecule has 15 heavy (non-hydrogen) atoms. The zero-order chi connectivity index (χ0) is 11.4. The van der Waals surface area contributed by atoms with Gasteiger partial charge in [0, 0.05) is 0 Å². The summed E-state index contributed by atoms with van der Waals surface area (Å²) in [5, 5.41) is 0. The zero-order valence-corrected chi connectivity index (χ0v) is 9.26. The first-order chi connectivity index (χ1) is 7.04. The minimum absolute atomic E-state index is 0.00218. The Balaban J connectivity index is 2.89. The van der Waals surface area contributed by atoms with E-state index in [2.05, 4.69) is 0 Å². The highest BCUT2D eigenvalue weighted by Gasteiger charge is 2.11. The SMILES string of the molecule is CCOC(=O)Cc1cc(C)cc(C)c1F. The maximum absolute atomic E-state index is 13.6. The number of carbonyl (C=O) groups excluding carboxylic acids is 1. The van der Waals surface area contributed by atoms with Crippen molar-refractivity contribution in [3.8, 4) is 0 Å². The second kappa shape index (κ2) is 4.91. The van der Waals surface area contributed by atoms with Gasteiger partial charge >= 0.3 is 5.97 Å². The summed E-state index contributed by atoms with van der Waals surface area (Å²) in [4.78, 5) is 11.2. The van der Waals surface area contributed by atoms with Crippen LogP contribution in [-0.4, -0.2) is 12.6 Å². The van der Waals surface area contributed by atoms with E-state index in [4.69, 9.17) is 4.74 Å². The minimum atomic E-state index is -0.388. The minimum Gasteiger partial charge on any atom is -0.466 e.